The Hall–Kier alpha value is -12.1. The number of hydrogen-bond acceptors (Lipinski definition) is 21. The number of nitrogens with zero attached hydrogens (tertiary/aromatic N) is 14. The van der Waals surface area contributed by atoms with Crippen molar-refractivity contribution in [3.8, 4) is 114 Å². The minimum absolute atomic E-state index is 0. The van der Waals surface area contributed by atoms with Gasteiger partial charge >= 0.3 is 0 Å². The lowest BCUT2D eigenvalue weighted by molar-refractivity contribution is 0.345. The van der Waals surface area contributed by atoms with Gasteiger partial charge in [-0.1, -0.05) is 87.3 Å². The number of aryl methyl sites for hydroxylation is 2. The van der Waals surface area contributed by atoms with Crippen molar-refractivity contribution in [2.75, 3.05) is 12.8 Å². The molecule has 2 aliphatic carbocycles. The predicted octanol–water partition coefficient (Wildman–Crippen LogP) is 15.5. The molecule has 3 aromatic carbocycles. The van der Waals surface area contributed by atoms with Gasteiger partial charge in [0, 0.05) is 123 Å². The molecule has 9 aromatic heterocycles. The second-order valence-corrected chi connectivity index (χ2v) is 27.2. The molecule has 558 valence electrons. The summed E-state index contributed by atoms with van der Waals surface area (Å²) in [6.07, 6.45) is 18.0. The lowest BCUT2D eigenvalue weighted by atomic mass is 9.94. The second-order valence-electron chi connectivity index (χ2n) is 27.2. The summed E-state index contributed by atoms with van der Waals surface area (Å²) in [7, 11) is 1.80. The summed E-state index contributed by atoms with van der Waals surface area (Å²) in [4.78, 5) is 65.1. The maximum Gasteiger partial charge on any atom is 0.251 e. The standard InChI is InChI=1S/C28H28FN7O2.C27H27FN6O2.C27H29N5O2.3H2/c1-3-28(4-2,16-30)36-15-18(6-10-25(36)37)23-14-33-27(31)26(34-23)24-12-22(35-38-24)20-9-5-17(11-21(20)29)13-32-19-7-8-19;1-5-27(6-2,16-29)34-15-19(8-10-25(34)35)23-14-31-17(3)26(32-23)24-12-22(33-36-24)20-9-7-18(13-30-4)11-21(20)28;1-4-21(5-2)32-16-19(9-10-25(32)33)23-15-29-17(3)26(30-23)24-14-22(31-34-24)18-7-6-8-20(13-18)27(28)11-12-27;;;/h5-6,9-12,14-15,19,32H,3-4,7-8,13H2,1-2H3,(H2,31,33);7-12,14-15,30H,5-6,13H2,1-4H3;6-10,13-16,21H,4-5,11-12,28H2,1-3H3;3*1H. The van der Waals surface area contributed by atoms with Gasteiger partial charge in [0.1, 0.15) is 51.2 Å². The third-order valence-corrected chi connectivity index (χ3v) is 20.3. The Bertz CT molecular complexity index is 5570. The van der Waals surface area contributed by atoms with Crippen LogP contribution >= 0.6 is 0 Å². The van der Waals surface area contributed by atoms with Crippen molar-refractivity contribution in [2.45, 2.75) is 161 Å². The van der Waals surface area contributed by atoms with Crippen molar-refractivity contribution < 1.29 is 26.6 Å². The van der Waals surface area contributed by atoms with Crippen molar-refractivity contribution in [1.29, 1.82) is 10.5 Å². The fourth-order valence-electron chi connectivity index (χ4n) is 13.0. The number of anilines is 1. The molecule has 9 heterocycles. The maximum atomic E-state index is 14.9. The highest BCUT2D eigenvalue weighted by Gasteiger charge is 2.40. The van der Waals surface area contributed by atoms with E-state index in [1.165, 1.54) is 39.6 Å². The van der Waals surface area contributed by atoms with Gasteiger partial charge in [0.15, 0.2) is 28.8 Å². The molecule has 0 atom stereocenters. The van der Waals surface area contributed by atoms with Gasteiger partial charge in [0.2, 0.25) is 0 Å². The number of aromatic nitrogens is 12. The monoisotopic (exact) mass is 1460 g/mol. The number of pyridine rings is 3. The third-order valence-electron chi connectivity index (χ3n) is 20.3. The molecule has 0 aliphatic heterocycles. The van der Waals surface area contributed by atoms with Crippen LogP contribution in [0.3, 0.4) is 0 Å². The number of rotatable bonds is 24. The number of benzene rings is 3. The Morgan fingerprint density at radius 1 is 0.565 bits per heavy atom. The summed E-state index contributed by atoms with van der Waals surface area (Å²) in [6, 6.07) is 38.0. The van der Waals surface area contributed by atoms with E-state index in [1.54, 1.807) is 91.9 Å². The van der Waals surface area contributed by atoms with Gasteiger partial charge in [0.25, 0.3) is 16.7 Å². The van der Waals surface area contributed by atoms with E-state index in [0.717, 1.165) is 77.7 Å². The summed E-state index contributed by atoms with van der Waals surface area (Å²) in [5.74, 6) is 0.441. The Morgan fingerprint density at radius 3 is 1.48 bits per heavy atom. The number of nitriles is 2. The van der Waals surface area contributed by atoms with Crippen LogP contribution in [0.5, 0.6) is 0 Å². The zero-order chi connectivity index (χ0) is 76.6. The molecule has 12 aromatic rings. The summed E-state index contributed by atoms with van der Waals surface area (Å²) in [6.45, 7) is 16.5. The van der Waals surface area contributed by atoms with Crippen molar-refractivity contribution in [2.24, 2.45) is 5.73 Å². The highest BCUT2D eigenvalue weighted by atomic mass is 19.1. The Morgan fingerprint density at radius 2 is 1.02 bits per heavy atom. The molecule has 108 heavy (non-hydrogen) atoms. The third kappa shape index (κ3) is 16.0. The molecule has 2 saturated carbocycles. The smallest absolute Gasteiger partial charge is 0.251 e. The normalized spacial score (nSPS) is 13.1. The van der Waals surface area contributed by atoms with Crippen LogP contribution in [0.15, 0.2) is 180 Å². The molecule has 0 unspecified atom stereocenters. The lowest BCUT2D eigenvalue weighted by Gasteiger charge is -2.26. The minimum Gasteiger partial charge on any atom is -0.382 e. The zero-order valence-electron chi connectivity index (χ0n) is 61.7. The van der Waals surface area contributed by atoms with Crippen molar-refractivity contribution >= 4 is 5.82 Å². The van der Waals surface area contributed by atoms with E-state index in [9.17, 15) is 33.7 Å². The molecule has 0 radical (unpaired) electrons. The average molecular weight is 1460 g/mol. The molecule has 6 N–H and O–H groups in total. The van der Waals surface area contributed by atoms with E-state index < -0.39 is 22.7 Å². The Balaban J connectivity index is 0.000000189. The van der Waals surface area contributed by atoms with Gasteiger partial charge < -0.3 is 40.2 Å². The molecule has 0 bridgehead atoms. The SMILES string of the molecule is CCC(C#N)(CC)n1cc(-c2cnc(C)c(-c3cc(-c4ccc(CNC)cc4F)no3)n2)ccc1=O.CCC(C#N)(CC)n1cc(-c2cnc(N)c(-c3cc(-c4ccc(CNC5CC5)cc4F)no3)n2)ccc1=O.CCC(CC)n1cc(-c2cnc(C)c(-c3cc(-c4cccc(C5(N)CC5)c4)no3)n2)ccc1=O.[HH].[HH].[HH]. The predicted molar refractivity (Wildman–Crippen MR) is 414 cm³/mol. The molecule has 0 spiro atoms. The second kappa shape index (κ2) is 32.3. The zero-order valence-corrected chi connectivity index (χ0v) is 61.7. The van der Waals surface area contributed by atoms with Crippen LogP contribution in [0.4, 0.5) is 14.6 Å². The van der Waals surface area contributed by atoms with Crippen molar-refractivity contribution in [3.63, 3.8) is 0 Å². The van der Waals surface area contributed by atoms with Gasteiger partial charge in [-0.3, -0.25) is 33.5 Å². The largest absolute Gasteiger partial charge is 0.382 e. The highest BCUT2D eigenvalue weighted by molar-refractivity contribution is 5.74. The van der Waals surface area contributed by atoms with E-state index >= 15 is 0 Å². The number of hydrogen-bond donors (Lipinski definition) is 4. The molecule has 26 heteroatoms. The molecule has 24 nitrogen and oxygen atoms in total. The summed E-state index contributed by atoms with van der Waals surface area (Å²) in [5.41, 5.74) is 21.9. The fourth-order valence-corrected chi connectivity index (χ4v) is 13.0. The van der Waals surface area contributed by atoms with Crippen LogP contribution in [0.1, 0.15) is 144 Å². The van der Waals surface area contributed by atoms with E-state index in [4.69, 9.17) is 35.0 Å². The van der Waals surface area contributed by atoms with E-state index in [0.29, 0.717) is 124 Å². The highest BCUT2D eigenvalue weighted by Crippen LogP contribution is 2.44. The Kier molecular flexibility index (Phi) is 22.6. The van der Waals surface area contributed by atoms with Crippen LogP contribution in [0.2, 0.25) is 0 Å². The number of nitrogens with two attached hydrogens (primary N) is 2. The first-order valence-electron chi connectivity index (χ1n) is 36.2. The average Bonchev–Trinajstić information content (AvgIpc) is 1.76. The van der Waals surface area contributed by atoms with Crippen molar-refractivity contribution in [3.05, 3.63) is 223 Å². The van der Waals surface area contributed by atoms with Gasteiger partial charge in [0.05, 0.1) is 59.2 Å². The molecular formula is C82H90F2N18O6. The summed E-state index contributed by atoms with van der Waals surface area (Å²) in [5, 5.41) is 38.4. The van der Waals surface area contributed by atoms with Crippen molar-refractivity contribution in [1.82, 2.24) is 69.7 Å². The topological polar surface area (TPSA) is 345 Å². The van der Waals surface area contributed by atoms with E-state index in [2.05, 4.69) is 84.2 Å². The summed E-state index contributed by atoms with van der Waals surface area (Å²) >= 11 is 0. The first kappa shape index (κ1) is 75.6. The van der Waals surface area contributed by atoms with Crippen LogP contribution in [-0.2, 0) is 29.7 Å². The quantitative estimate of drug-likeness (QED) is 0.0436. The number of halogens is 2. The number of nitrogen functional groups attached to an aromatic ring is 1. The molecular weight excluding hydrogens is 1370 g/mol. The van der Waals surface area contributed by atoms with Crippen LogP contribution in [0, 0.1) is 48.1 Å². The molecule has 14 rings (SSSR count). The van der Waals surface area contributed by atoms with Gasteiger partial charge in [-0.05, 0) is 150 Å². The number of nitrogens with one attached hydrogen (secondary N) is 2. The van der Waals surface area contributed by atoms with E-state index in [-0.39, 0.29) is 49.8 Å². The van der Waals surface area contributed by atoms with Gasteiger partial charge in [-0.25, -0.2) is 28.7 Å². The maximum absolute atomic E-state index is 14.9. The minimum atomic E-state index is -0.968. The fraction of sp³-hybridized carbons (Fsp3) is 0.317. The molecule has 0 amide bonds. The van der Waals surface area contributed by atoms with Crippen LogP contribution in [-0.4, -0.2) is 72.2 Å². The van der Waals surface area contributed by atoms with Crippen LogP contribution in [0.25, 0.3) is 102 Å². The summed E-state index contributed by atoms with van der Waals surface area (Å²) < 4.78 is 51.0. The first-order chi connectivity index (χ1) is 52.1. The van der Waals surface area contributed by atoms with Gasteiger partial charge in [-0.2, -0.15) is 10.5 Å². The Labute approximate surface area is 627 Å². The van der Waals surface area contributed by atoms with E-state index in [1.807, 2.05) is 71.1 Å². The molecule has 2 fully saturated rings. The molecule has 2 aliphatic rings. The van der Waals surface area contributed by atoms with Gasteiger partial charge in [-0.15, -0.1) is 0 Å². The molecule has 0 saturated heterocycles. The first-order valence-corrected chi connectivity index (χ1v) is 36.2. The lowest BCUT2D eigenvalue weighted by Crippen LogP contribution is -2.38. The van der Waals surface area contributed by atoms with Crippen LogP contribution < -0.4 is 38.8 Å².